The number of para-hydroxylation sites is 1. The van der Waals surface area contributed by atoms with Gasteiger partial charge in [0.1, 0.15) is 11.5 Å². The highest BCUT2D eigenvalue weighted by Crippen LogP contribution is 2.22. The van der Waals surface area contributed by atoms with Crippen molar-refractivity contribution in [2.24, 2.45) is 5.16 Å². The maximum Gasteiger partial charge on any atom is 0.265 e. The molecule has 0 aliphatic rings. The minimum atomic E-state index is -0.271. The van der Waals surface area contributed by atoms with Gasteiger partial charge in [0, 0.05) is 11.3 Å². The number of aryl methyl sites for hydroxylation is 2. The van der Waals surface area contributed by atoms with Crippen LogP contribution in [0.2, 0.25) is 0 Å². The normalized spacial score (nSPS) is 10.6. The molecule has 0 saturated carbocycles. The molecule has 0 radical (unpaired) electrons. The van der Waals surface area contributed by atoms with Crippen molar-refractivity contribution in [3.8, 4) is 11.5 Å². The Labute approximate surface area is 147 Å². The second-order valence-electron chi connectivity index (χ2n) is 5.43. The Morgan fingerprint density at radius 1 is 1.12 bits per heavy atom. The number of oxime groups is 1. The molecule has 2 aromatic carbocycles. The minimum absolute atomic E-state index is 0.184. The summed E-state index contributed by atoms with van der Waals surface area (Å²) >= 11 is 0. The second-order valence-corrected chi connectivity index (χ2v) is 5.43. The van der Waals surface area contributed by atoms with Crippen LogP contribution in [0.15, 0.2) is 41.6 Å². The summed E-state index contributed by atoms with van der Waals surface area (Å²) in [5.41, 5.74) is 3.49. The number of anilines is 1. The molecule has 25 heavy (non-hydrogen) atoms. The zero-order valence-electron chi connectivity index (χ0n) is 14.8. The van der Waals surface area contributed by atoms with Crippen molar-refractivity contribution in [1.29, 1.82) is 0 Å². The van der Waals surface area contributed by atoms with Crippen LogP contribution in [0, 0.1) is 13.8 Å². The number of hydrogen-bond donors (Lipinski definition) is 1. The average molecular weight is 342 g/mol. The molecule has 1 amide bonds. The zero-order chi connectivity index (χ0) is 18.2. The summed E-state index contributed by atoms with van der Waals surface area (Å²) in [4.78, 5) is 17.1. The summed E-state index contributed by atoms with van der Waals surface area (Å²) in [6, 6.07) is 11.2. The van der Waals surface area contributed by atoms with Crippen molar-refractivity contribution in [2.45, 2.75) is 13.8 Å². The van der Waals surface area contributed by atoms with Gasteiger partial charge in [0.25, 0.3) is 5.91 Å². The van der Waals surface area contributed by atoms with Crippen LogP contribution in [0.1, 0.15) is 16.7 Å². The molecule has 0 unspecified atom stereocenters. The second kappa shape index (κ2) is 8.73. The number of carbonyl (C=O) groups is 1. The zero-order valence-corrected chi connectivity index (χ0v) is 14.8. The SMILES string of the molecule is COc1ccc(OC)c(/C=N\OCC(=O)Nc2c(C)cccc2C)c1. The number of nitrogens with one attached hydrogen (secondary N) is 1. The van der Waals surface area contributed by atoms with Gasteiger partial charge in [0.2, 0.25) is 0 Å². The van der Waals surface area contributed by atoms with Crippen LogP contribution in [-0.4, -0.2) is 32.9 Å². The summed E-state index contributed by atoms with van der Waals surface area (Å²) in [7, 11) is 3.15. The first-order chi connectivity index (χ1) is 12.0. The van der Waals surface area contributed by atoms with E-state index >= 15 is 0 Å². The van der Waals surface area contributed by atoms with Crippen LogP contribution in [-0.2, 0) is 9.63 Å². The summed E-state index contributed by atoms with van der Waals surface area (Å²) < 4.78 is 10.4. The molecule has 0 bridgehead atoms. The lowest BCUT2D eigenvalue weighted by atomic mass is 10.1. The standard InChI is InChI=1S/C19H22N2O4/c1-13-6-5-7-14(2)19(13)21-18(22)12-25-20-11-15-10-16(23-3)8-9-17(15)24-4/h5-11H,12H2,1-4H3,(H,21,22)/b20-11-. The Morgan fingerprint density at radius 2 is 1.84 bits per heavy atom. The molecule has 2 rings (SSSR count). The number of rotatable bonds is 7. The molecule has 1 N–H and O–H groups in total. The maximum atomic E-state index is 12.0. The highest BCUT2D eigenvalue weighted by atomic mass is 16.6. The lowest BCUT2D eigenvalue weighted by Gasteiger charge is -2.10. The van der Waals surface area contributed by atoms with E-state index < -0.39 is 0 Å². The predicted molar refractivity (Wildman–Crippen MR) is 97.6 cm³/mol. The van der Waals surface area contributed by atoms with Crippen molar-refractivity contribution in [2.75, 3.05) is 26.1 Å². The summed E-state index contributed by atoms with van der Waals surface area (Å²) in [6.45, 7) is 3.70. The summed E-state index contributed by atoms with van der Waals surface area (Å²) in [6.07, 6.45) is 1.48. The third-order valence-corrected chi connectivity index (χ3v) is 3.64. The molecule has 0 heterocycles. The van der Waals surface area contributed by atoms with Crippen LogP contribution in [0.4, 0.5) is 5.69 Å². The first-order valence-corrected chi connectivity index (χ1v) is 7.78. The van der Waals surface area contributed by atoms with Gasteiger partial charge < -0.3 is 19.6 Å². The van der Waals surface area contributed by atoms with Gasteiger partial charge in [0.05, 0.1) is 20.4 Å². The largest absolute Gasteiger partial charge is 0.497 e. The van der Waals surface area contributed by atoms with E-state index in [-0.39, 0.29) is 12.5 Å². The number of methoxy groups -OCH3 is 2. The Bertz CT molecular complexity index is 752. The van der Waals surface area contributed by atoms with Gasteiger partial charge >= 0.3 is 0 Å². The molecule has 0 saturated heterocycles. The molecule has 0 aromatic heterocycles. The minimum Gasteiger partial charge on any atom is -0.497 e. The predicted octanol–water partition coefficient (Wildman–Crippen LogP) is 3.31. The van der Waals surface area contributed by atoms with E-state index in [1.54, 1.807) is 32.4 Å². The maximum absolute atomic E-state index is 12.0. The van der Waals surface area contributed by atoms with E-state index in [1.165, 1.54) is 6.21 Å². The molecule has 0 spiro atoms. The molecular formula is C19H22N2O4. The topological polar surface area (TPSA) is 69.1 Å². The third-order valence-electron chi connectivity index (χ3n) is 3.64. The van der Waals surface area contributed by atoms with Gasteiger partial charge in [-0.15, -0.1) is 0 Å². The van der Waals surface area contributed by atoms with E-state index in [1.807, 2.05) is 32.0 Å². The van der Waals surface area contributed by atoms with Crippen LogP contribution in [0.5, 0.6) is 11.5 Å². The lowest BCUT2D eigenvalue weighted by Crippen LogP contribution is -2.18. The molecule has 6 nitrogen and oxygen atoms in total. The quantitative estimate of drug-likeness (QED) is 0.619. The number of amides is 1. The molecule has 6 heteroatoms. The van der Waals surface area contributed by atoms with Gasteiger partial charge in [-0.05, 0) is 43.2 Å². The van der Waals surface area contributed by atoms with Crippen LogP contribution in [0.3, 0.4) is 0 Å². The first kappa shape index (κ1) is 18.3. The molecule has 2 aromatic rings. The van der Waals surface area contributed by atoms with E-state index in [0.717, 1.165) is 16.8 Å². The fraction of sp³-hybridized carbons (Fsp3) is 0.263. The molecule has 0 fully saturated rings. The van der Waals surface area contributed by atoms with Crippen molar-refractivity contribution < 1.29 is 19.1 Å². The van der Waals surface area contributed by atoms with Crippen LogP contribution in [0.25, 0.3) is 0 Å². The van der Waals surface area contributed by atoms with Gasteiger partial charge in [-0.2, -0.15) is 0 Å². The Kier molecular flexibility index (Phi) is 6.39. The number of benzene rings is 2. The number of nitrogens with zero attached hydrogens (tertiary/aromatic N) is 1. The van der Waals surface area contributed by atoms with Gasteiger partial charge in [0.15, 0.2) is 6.61 Å². The molecule has 0 atom stereocenters. The Balaban J connectivity index is 1.94. The van der Waals surface area contributed by atoms with Crippen molar-refractivity contribution in [3.05, 3.63) is 53.1 Å². The summed E-state index contributed by atoms with van der Waals surface area (Å²) in [5, 5.41) is 6.67. The molecular weight excluding hydrogens is 320 g/mol. The number of carbonyl (C=O) groups excluding carboxylic acids is 1. The molecule has 132 valence electrons. The van der Waals surface area contributed by atoms with Gasteiger partial charge in [-0.3, -0.25) is 4.79 Å². The Morgan fingerprint density at radius 3 is 2.48 bits per heavy atom. The smallest absolute Gasteiger partial charge is 0.265 e. The third kappa shape index (κ3) is 4.97. The fourth-order valence-electron chi connectivity index (χ4n) is 2.32. The summed E-state index contributed by atoms with van der Waals surface area (Å²) in [5.74, 6) is 1.04. The highest BCUT2D eigenvalue weighted by Gasteiger charge is 2.08. The molecule has 0 aliphatic carbocycles. The highest BCUT2D eigenvalue weighted by molar-refractivity contribution is 5.93. The van der Waals surface area contributed by atoms with Gasteiger partial charge in [-0.1, -0.05) is 23.4 Å². The van der Waals surface area contributed by atoms with E-state index in [2.05, 4.69) is 10.5 Å². The lowest BCUT2D eigenvalue weighted by molar-refractivity contribution is -0.120. The van der Waals surface area contributed by atoms with Crippen molar-refractivity contribution in [3.63, 3.8) is 0 Å². The monoisotopic (exact) mass is 342 g/mol. The Hall–Kier alpha value is -3.02. The molecule has 0 aliphatic heterocycles. The van der Waals surface area contributed by atoms with Crippen molar-refractivity contribution >= 4 is 17.8 Å². The van der Waals surface area contributed by atoms with Gasteiger partial charge in [-0.25, -0.2) is 0 Å². The number of hydrogen-bond acceptors (Lipinski definition) is 5. The average Bonchev–Trinajstić information content (AvgIpc) is 2.61. The fourth-order valence-corrected chi connectivity index (χ4v) is 2.32. The van der Waals surface area contributed by atoms with E-state index in [9.17, 15) is 4.79 Å². The number of ether oxygens (including phenoxy) is 2. The van der Waals surface area contributed by atoms with E-state index in [0.29, 0.717) is 17.1 Å². The van der Waals surface area contributed by atoms with Crippen LogP contribution >= 0.6 is 0 Å². The van der Waals surface area contributed by atoms with Crippen LogP contribution < -0.4 is 14.8 Å². The van der Waals surface area contributed by atoms with Crippen molar-refractivity contribution in [1.82, 2.24) is 0 Å². The first-order valence-electron chi connectivity index (χ1n) is 7.78. The van der Waals surface area contributed by atoms with E-state index in [4.69, 9.17) is 14.3 Å².